The first-order valence-corrected chi connectivity index (χ1v) is 8.92. The van der Waals surface area contributed by atoms with Crippen LogP contribution in [0.5, 0.6) is 34.5 Å². The molecule has 5 rings (SSSR count). The highest BCUT2D eigenvalue weighted by Crippen LogP contribution is 2.59. The molecule has 0 saturated heterocycles. The van der Waals surface area contributed by atoms with Gasteiger partial charge in [0.1, 0.15) is 0 Å². The zero-order valence-corrected chi connectivity index (χ0v) is 15.5. The standard InChI is InChI=1S/C20H21NO6/c1-23-13-7-10-11(16(22)18(13)25-3)6-12-14-9(4-5-21-12)17(24-2)20-19(15(10)14)26-8-27-20/h7,12,21-22H,4-6,8H2,1-3H3/t12-/m0/s1. The molecule has 2 heterocycles. The summed E-state index contributed by atoms with van der Waals surface area (Å²) >= 11 is 0. The van der Waals surface area contributed by atoms with Gasteiger partial charge in [-0.1, -0.05) is 0 Å². The van der Waals surface area contributed by atoms with Crippen LogP contribution in [0.1, 0.15) is 22.7 Å². The molecule has 0 aromatic heterocycles. The number of benzene rings is 2. The van der Waals surface area contributed by atoms with Gasteiger partial charge in [0.05, 0.1) is 21.3 Å². The number of hydrogen-bond donors (Lipinski definition) is 2. The largest absolute Gasteiger partial charge is 0.504 e. The average Bonchev–Trinajstić information content (AvgIpc) is 3.17. The number of phenols is 1. The van der Waals surface area contributed by atoms with Gasteiger partial charge < -0.3 is 34.1 Å². The number of rotatable bonds is 3. The van der Waals surface area contributed by atoms with Gasteiger partial charge in [-0.25, -0.2) is 0 Å². The minimum Gasteiger partial charge on any atom is -0.504 e. The van der Waals surface area contributed by atoms with Crippen molar-refractivity contribution in [2.75, 3.05) is 34.7 Å². The van der Waals surface area contributed by atoms with E-state index in [1.165, 1.54) is 7.11 Å². The summed E-state index contributed by atoms with van der Waals surface area (Å²) in [6, 6.07) is 1.96. The number of nitrogens with one attached hydrogen (secondary N) is 1. The molecule has 2 aromatic carbocycles. The Morgan fingerprint density at radius 1 is 1.04 bits per heavy atom. The molecular formula is C20H21NO6. The Bertz CT molecular complexity index is 955. The van der Waals surface area contributed by atoms with Gasteiger partial charge >= 0.3 is 0 Å². The molecule has 142 valence electrons. The molecule has 2 aliphatic heterocycles. The van der Waals surface area contributed by atoms with Gasteiger partial charge in [-0.15, -0.1) is 0 Å². The van der Waals surface area contributed by atoms with E-state index >= 15 is 0 Å². The Morgan fingerprint density at radius 2 is 1.81 bits per heavy atom. The van der Waals surface area contributed by atoms with E-state index < -0.39 is 0 Å². The van der Waals surface area contributed by atoms with E-state index in [9.17, 15) is 5.11 Å². The predicted molar refractivity (Wildman–Crippen MR) is 97.5 cm³/mol. The summed E-state index contributed by atoms with van der Waals surface area (Å²) in [5, 5.41) is 14.5. The second-order valence-electron chi connectivity index (χ2n) is 6.81. The normalized spacial score (nSPS) is 18.6. The van der Waals surface area contributed by atoms with Gasteiger partial charge in [0.25, 0.3) is 0 Å². The third-order valence-corrected chi connectivity index (χ3v) is 5.66. The molecule has 7 nitrogen and oxygen atoms in total. The summed E-state index contributed by atoms with van der Waals surface area (Å²) < 4.78 is 28.1. The summed E-state index contributed by atoms with van der Waals surface area (Å²) in [6.45, 7) is 0.977. The lowest BCUT2D eigenvalue weighted by Crippen LogP contribution is -2.34. The van der Waals surface area contributed by atoms with E-state index in [0.717, 1.165) is 46.5 Å². The molecule has 2 N–H and O–H groups in total. The maximum absolute atomic E-state index is 10.9. The molecular weight excluding hydrogens is 350 g/mol. The van der Waals surface area contributed by atoms with Crippen molar-refractivity contribution in [1.29, 1.82) is 0 Å². The van der Waals surface area contributed by atoms with Crippen LogP contribution in [-0.2, 0) is 12.8 Å². The molecule has 2 aromatic rings. The first kappa shape index (κ1) is 16.4. The van der Waals surface area contributed by atoms with E-state index in [-0.39, 0.29) is 18.6 Å². The topological polar surface area (TPSA) is 78.4 Å². The summed E-state index contributed by atoms with van der Waals surface area (Å²) in [4.78, 5) is 0. The minimum atomic E-state index is 0.0589. The van der Waals surface area contributed by atoms with Crippen LogP contribution >= 0.6 is 0 Å². The first-order valence-electron chi connectivity index (χ1n) is 8.92. The quantitative estimate of drug-likeness (QED) is 0.858. The fourth-order valence-electron chi connectivity index (χ4n) is 4.58. The number of ether oxygens (including phenoxy) is 5. The lowest BCUT2D eigenvalue weighted by molar-refractivity contribution is 0.171. The van der Waals surface area contributed by atoms with E-state index in [4.69, 9.17) is 23.7 Å². The van der Waals surface area contributed by atoms with Crippen molar-refractivity contribution in [3.63, 3.8) is 0 Å². The van der Waals surface area contributed by atoms with Crippen LogP contribution in [0.2, 0.25) is 0 Å². The second-order valence-corrected chi connectivity index (χ2v) is 6.81. The molecule has 1 aliphatic carbocycles. The van der Waals surface area contributed by atoms with Crippen molar-refractivity contribution in [2.24, 2.45) is 0 Å². The van der Waals surface area contributed by atoms with Gasteiger partial charge in [-0.2, -0.15) is 0 Å². The van der Waals surface area contributed by atoms with Crippen molar-refractivity contribution in [1.82, 2.24) is 5.32 Å². The van der Waals surface area contributed by atoms with Crippen LogP contribution in [-0.4, -0.2) is 39.8 Å². The Labute approximate surface area is 156 Å². The molecule has 1 atom stereocenters. The number of aromatic hydroxyl groups is 1. The van der Waals surface area contributed by atoms with E-state index in [2.05, 4.69) is 5.32 Å². The van der Waals surface area contributed by atoms with Crippen LogP contribution in [0.25, 0.3) is 11.1 Å². The summed E-state index contributed by atoms with van der Waals surface area (Å²) in [6.07, 6.45) is 1.48. The Morgan fingerprint density at radius 3 is 2.56 bits per heavy atom. The van der Waals surface area contributed by atoms with Crippen molar-refractivity contribution in [3.05, 3.63) is 22.8 Å². The van der Waals surface area contributed by atoms with Crippen LogP contribution in [0.3, 0.4) is 0 Å². The van der Waals surface area contributed by atoms with Crippen molar-refractivity contribution < 1.29 is 28.8 Å². The fraction of sp³-hybridized carbons (Fsp3) is 0.400. The molecule has 7 heteroatoms. The SMILES string of the molecule is COc1cc2c(c(O)c1OC)C[C@@H]1NCCc3c(OC)c4c(c-2c31)OCO4. The molecule has 0 saturated carbocycles. The third-order valence-electron chi connectivity index (χ3n) is 5.66. The zero-order valence-electron chi connectivity index (χ0n) is 15.5. The van der Waals surface area contributed by atoms with Crippen LogP contribution in [0, 0.1) is 0 Å². The maximum Gasteiger partial charge on any atom is 0.231 e. The van der Waals surface area contributed by atoms with Gasteiger partial charge in [0.2, 0.25) is 18.3 Å². The number of hydrogen-bond acceptors (Lipinski definition) is 7. The molecule has 0 unspecified atom stereocenters. The first-order chi connectivity index (χ1) is 13.2. The fourth-order valence-corrected chi connectivity index (χ4v) is 4.58. The summed E-state index contributed by atoms with van der Waals surface area (Å²) in [5.41, 5.74) is 4.93. The van der Waals surface area contributed by atoms with Crippen LogP contribution < -0.4 is 29.0 Å². The highest BCUT2D eigenvalue weighted by atomic mass is 16.7. The highest BCUT2D eigenvalue weighted by molar-refractivity contribution is 5.89. The molecule has 0 radical (unpaired) electrons. The molecule has 0 spiro atoms. The number of fused-ring (bicyclic) bond motifs is 4. The average molecular weight is 371 g/mol. The van der Waals surface area contributed by atoms with E-state index in [1.807, 2.05) is 6.07 Å². The minimum absolute atomic E-state index is 0.0589. The molecule has 0 amide bonds. The van der Waals surface area contributed by atoms with Crippen molar-refractivity contribution >= 4 is 0 Å². The van der Waals surface area contributed by atoms with Crippen molar-refractivity contribution in [2.45, 2.75) is 18.9 Å². The molecule has 0 bridgehead atoms. The van der Waals surface area contributed by atoms with Crippen LogP contribution in [0.4, 0.5) is 0 Å². The van der Waals surface area contributed by atoms with E-state index in [1.54, 1.807) is 14.2 Å². The summed E-state index contributed by atoms with van der Waals surface area (Å²) in [5.74, 6) is 2.97. The second kappa shape index (κ2) is 5.85. The smallest absolute Gasteiger partial charge is 0.231 e. The van der Waals surface area contributed by atoms with Crippen LogP contribution in [0.15, 0.2) is 6.07 Å². The molecule has 27 heavy (non-hydrogen) atoms. The number of methoxy groups -OCH3 is 3. The molecule has 3 aliphatic rings. The lowest BCUT2D eigenvalue weighted by atomic mass is 9.76. The molecule has 0 fully saturated rings. The Balaban J connectivity index is 1.89. The Kier molecular flexibility index (Phi) is 3.55. The van der Waals surface area contributed by atoms with Crippen molar-refractivity contribution in [3.8, 4) is 45.6 Å². The predicted octanol–water partition coefficient (Wildman–Crippen LogP) is 2.56. The van der Waals surface area contributed by atoms with Gasteiger partial charge in [-0.05, 0) is 36.6 Å². The highest BCUT2D eigenvalue weighted by Gasteiger charge is 2.40. The van der Waals surface area contributed by atoms with E-state index in [0.29, 0.717) is 29.4 Å². The third kappa shape index (κ3) is 2.06. The zero-order chi connectivity index (χ0) is 18.7. The van der Waals surface area contributed by atoms with Gasteiger partial charge in [0.15, 0.2) is 23.0 Å². The van der Waals surface area contributed by atoms with Gasteiger partial charge in [-0.3, -0.25) is 0 Å². The summed E-state index contributed by atoms with van der Waals surface area (Å²) in [7, 11) is 4.75. The number of phenolic OH excluding ortho intramolecular Hbond substituents is 1. The lowest BCUT2D eigenvalue weighted by Gasteiger charge is -2.36. The monoisotopic (exact) mass is 371 g/mol. The maximum atomic E-state index is 10.9. The Hall–Kier alpha value is -2.80. The van der Waals surface area contributed by atoms with Gasteiger partial charge in [0, 0.05) is 22.7 Å².